The van der Waals surface area contributed by atoms with Crippen LogP contribution in [0.2, 0.25) is 0 Å². The summed E-state index contributed by atoms with van der Waals surface area (Å²) >= 11 is 0. The molecule has 1 aromatic rings. The first kappa shape index (κ1) is 18.8. The Balaban J connectivity index is 1.72. The third kappa shape index (κ3) is 5.02. The lowest BCUT2D eigenvalue weighted by molar-refractivity contribution is -0.138. The Bertz CT molecular complexity index is 655. The van der Waals surface area contributed by atoms with Gasteiger partial charge >= 0.3 is 5.97 Å². The van der Waals surface area contributed by atoms with Crippen LogP contribution in [0.5, 0.6) is 0 Å². The van der Waals surface area contributed by atoms with Gasteiger partial charge in [-0.15, -0.1) is 0 Å². The van der Waals surface area contributed by atoms with Gasteiger partial charge in [0.25, 0.3) is 5.91 Å². The largest absolute Gasteiger partial charge is 0.480 e. The smallest absolute Gasteiger partial charge is 0.323 e. The van der Waals surface area contributed by atoms with Gasteiger partial charge in [-0.25, -0.2) is 4.39 Å². The van der Waals surface area contributed by atoms with E-state index in [-0.39, 0.29) is 24.8 Å². The molecule has 0 aromatic heterocycles. The van der Waals surface area contributed by atoms with Crippen molar-refractivity contribution in [2.24, 2.45) is 5.92 Å². The molecule has 6 nitrogen and oxygen atoms in total. The number of aliphatic carboxylic acids is 1. The van der Waals surface area contributed by atoms with E-state index in [9.17, 15) is 19.1 Å². The summed E-state index contributed by atoms with van der Waals surface area (Å²) in [4.78, 5) is 25.5. The first-order chi connectivity index (χ1) is 12.5. The van der Waals surface area contributed by atoms with Gasteiger partial charge in [0.05, 0.1) is 6.61 Å². The summed E-state index contributed by atoms with van der Waals surface area (Å²) in [5.41, 5.74) is 0.600. The number of carbonyl (C=O) groups is 2. The number of amides is 1. The Morgan fingerprint density at radius 1 is 1.23 bits per heavy atom. The summed E-state index contributed by atoms with van der Waals surface area (Å²) in [5, 5.41) is 9.18. The lowest BCUT2D eigenvalue weighted by atomic mass is 10.0. The maximum atomic E-state index is 14.0. The highest BCUT2D eigenvalue weighted by molar-refractivity contribution is 5.96. The molecule has 142 valence electrons. The van der Waals surface area contributed by atoms with Gasteiger partial charge in [-0.3, -0.25) is 9.59 Å². The second kappa shape index (κ2) is 8.60. The van der Waals surface area contributed by atoms with Crippen LogP contribution in [0.1, 0.15) is 41.6 Å². The number of hydrogen-bond donors (Lipinski definition) is 1. The van der Waals surface area contributed by atoms with Gasteiger partial charge < -0.3 is 19.5 Å². The molecule has 1 saturated heterocycles. The zero-order valence-electron chi connectivity index (χ0n) is 14.7. The van der Waals surface area contributed by atoms with E-state index < -0.39 is 17.7 Å². The van der Waals surface area contributed by atoms with Crippen molar-refractivity contribution in [2.45, 2.75) is 38.3 Å². The zero-order chi connectivity index (χ0) is 18.5. The van der Waals surface area contributed by atoms with E-state index in [4.69, 9.17) is 9.47 Å². The Morgan fingerprint density at radius 2 is 1.96 bits per heavy atom. The molecule has 0 radical (unpaired) electrons. The Hall–Kier alpha value is -1.99. The molecule has 1 heterocycles. The van der Waals surface area contributed by atoms with E-state index >= 15 is 0 Å². The number of ether oxygens (including phenoxy) is 2. The van der Waals surface area contributed by atoms with Crippen molar-refractivity contribution in [3.8, 4) is 0 Å². The molecule has 0 atom stereocenters. The van der Waals surface area contributed by atoms with Gasteiger partial charge in [0.2, 0.25) is 0 Å². The molecule has 7 heteroatoms. The van der Waals surface area contributed by atoms with Gasteiger partial charge in [0.15, 0.2) is 0 Å². The molecular formula is C19H24FNO5. The number of benzene rings is 1. The quantitative estimate of drug-likeness (QED) is 0.766. The Labute approximate surface area is 151 Å². The molecule has 1 aromatic carbocycles. The standard InChI is InChI=1S/C19H24FNO5/c20-17-4-3-14(9-15(17)12-26-11-13-1-2-13)19(24)21(10-18(22)23)16-5-7-25-8-6-16/h3-4,9,13,16H,1-2,5-8,10-12H2,(H,22,23). The zero-order valence-corrected chi connectivity index (χ0v) is 14.7. The summed E-state index contributed by atoms with van der Waals surface area (Å²) in [6.45, 7) is 1.33. The van der Waals surface area contributed by atoms with Gasteiger partial charge in [0.1, 0.15) is 12.4 Å². The van der Waals surface area contributed by atoms with Crippen molar-refractivity contribution in [3.63, 3.8) is 0 Å². The molecule has 26 heavy (non-hydrogen) atoms. The van der Waals surface area contributed by atoms with Crippen LogP contribution in [0.25, 0.3) is 0 Å². The lowest BCUT2D eigenvalue weighted by Crippen LogP contribution is -2.46. The van der Waals surface area contributed by atoms with Crippen molar-refractivity contribution >= 4 is 11.9 Å². The SMILES string of the molecule is O=C(O)CN(C(=O)c1ccc(F)c(COCC2CC2)c1)C1CCOCC1. The van der Waals surface area contributed by atoms with Crippen LogP contribution < -0.4 is 0 Å². The number of carboxylic acid groups (broad SMARTS) is 1. The number of carbonyl (C=O) groups excluding carboxylic acids is 1. The van der Waals surface area contributed by atoms with Crippen LogP contribution in [0.4, 0.5) is 4.39 Å². The Kier molecular flexibility index (Phi) is 6.21. The van der Waals surface area contributed by atoms with Crippen LogP contribution in [0, 0.1) is 11.7 Å². The van der Waals surface area contributed by atoms with Crippen molar-refractivity contribution in [3.05, 3.63) is 35.1 Å². The van der Waals surface area contributed by atoms with Crippen LogP contribution >= 0.6 is 0 Å². The average Bonchev–Trinajstić information content (AvgIpc) is 3.46. The van der Waals surface area contributed by atoms with E-state index in [1.165, 1.54) is 23.1 Å². The fourth-order valence-corrected chi connectivity index (χ4v) is 3.11. The number of nitrogens with zero attached hydrogens (tertiary/aromatic N) is 1. The first-order valence-corrected chi connectivity index (χ1v) is 9.01. The normalized spacial score (nSPS) is 17.9. The lowest BCUT2D eigenvalue weighted by Gasteiger charge is -2.33. The van der Waals surface area contributed by atoms with Gasteiger partial charge in [0, 0.05) is 37.0 Å². The van der Waals surface area contributed by atoms with Gasteiger partial charge in [-0.1, -0.05) is 0 Å². The highest BCUT2D eigenvalue weighted by Crippen LogP contribution is 2.29. The second-order valence-corrected chi connectivity index (χ2v) is 6.94. The van der Waals surface area contributed by atoms with Crippen LogP contribution in [0.3, 0.4) is 0 Å². The van der Waals surface area contributed by atoms with Crippen molar-refractivity contribution in [1.29, 1.82) is 0 Å². The van der Waals surface area contributed by atoms with Crippen LogP contribution in [-0.2, 0) is 20.9 Å². The molecule has 0 unspecified atom stereocenters. The highest BCUT2D eigenvalue weighted by Gasteiger charge is 2.29. The van der Waals surface area contributed by atoms with E-state index in [1.807, 2.05) is 0 Å². The van der Waals surface area contributed by atoms with Crippen LogP contribution in [0.15, 0.2) is 18.2 Å². The number of halogens is 1. The monoisotopic (exact) mass is 365 g/mol. The first-order valence-electron chi connectivity index (χ1n) is 9.01. The molecule has 1 amide bonds. The number of carboxylic acids is 1. The molecule has 3 rings (SSSR count). The Morgan fingerprint density at radius 3 is 2.62 bits per heavy atom. The molecule has 1 aliphatic heterocycles. The fraction of sp³-hybridized carbons (Fsp3) is 0.579. The van der Waals surface area contributed by atoms with Crippen molar-refractivity contribution in [2.75, 3.05) is 26.4 Å². The molecule has 2 fully saturated rings. The predicted octanol–water partition coefficient (Wildman–Crippen LogP) is 2.46. The number of hydrogen-bond acceptors (Lipinski definition) is 4. The van der Waals surface area contributed by atoms with Crippen LogP contribution in [-0.4, -0.2) is 54.3 Å². The summed E-state index contributed by atoms with van der Waals surface area (Å²) in [6.07, 6.45) is 3.49. The van der Waals surface area contributed by atoms with E-state index in [0.717, 1.165) is 12.8 Å². The molecule has 0 bridgehead atoms. The van der Waals surface area contributed by atoms with Crippen molar-refractivity contribution < 1.29 is 28.6 Å². The van der Waals surface area contributed by atoms with Gasteiger partial charge in [-0.05, 0) is 49.8 Å². The molecule has 1 aliphatic carbocycles. The summed E-state index contributed by atoms with van der Waals surface area (Å²) < 4.78 is 24.8. The van der Waals surface area contributed by atoms with E-state index in [2.05, 4.69) is 0 Å². The van der Waals surface area contributed by atoms with Crippen molar-refractivity contribution in [1.82, 2.24) is 4.90 Å². The molecular weight excluding hydrogens is 341 g/mol. The summed E-state index contributed by atoms with van der Waals surface area (Å²) in [6, 6.07) is 3.92. The molecule has 1 N–H and O–H groups in total. The topological polar surface area (TPSA) is 76.1 Å². The maximum Gasteiger partial charge on any atom is 0.323 e. The third-order valence-corrected chi connectivity index (χ3v) is 4.80. The summed E-state index contributed by atoms with van der Waals surface area (Å²) in [5.74, 6) is -1.32. The second-order valence-electron chi connectivity index (χ2n) is 6.94. The molecule has 0 spiro atoms. The summed E-state index contributed by atoms with van der Waals surface area (Å²) in [7, 11) is 0. The molecule has 2 aliphatic rings. The fourth-order valence-electron chi connectivity index (χ4n) is 3.11. The molecule has 1 saturated carbocycles. The van der Waals surface area contributed by atoms with Gasteiger partial charge in [-0.2, -0.15) is 0 Å². The van der Waals surface area contributed by atoms with E-state index in [1.54, 1.807) is 0 Å². The third-order valence-electron chi connectivity index (χ3n) is 4.80. The minimum absolute atomic E-state index is 0.111. The maximum absolute atomic E-state index is 14.0. The minimum Gasteiger partial charge on any atom is -0.480 e. The minimum atomic E-state index is -1.07. The predicted molar refractivity (Wildman–Crippen MR) is 91.3 cm³/mol. The number of rotatable bonds is 8. The van der Waals surface area contributed by atoms with E-state index in [0.29, 0.717) is 44.1 Å². The average molecular weight is 365 g/mol. The highest BCUT2D eigenvalue weighted by atomic mass is 19.1.